The zero-order valence-electron chi connectivity index (χ0n) is 13.8. The Labute approximate surface area is 161 Å². The molecule has 0 aliphatic rings. The molecular weight excluding hydrogens is 381 g/mol. The van der Waals surface area contributed by atoms with Crippen molar-refractivity contribution in [1.29, 1.82) is 0 Å². The Morgan fingerprint density at radius 3 is 2.46 bits per heavy atom. The van der Waals surface area contributed by atoms with E-state index in [0.29, 0.717) is 22.3 Å². The third-order valence-electron chi connectivity index (χ3n) is 3.56. The van der Waals surface area contributed by atoms with Gasteiger partial charge in [-0.1, -0.05) is 40.9 Å². The van der Waals surface area contributed by atoms with Crippen LogP contribution in [0.3, 0.4) is 0 Å². The van der Waals surface area contributed by atoms with Gasteiger partial charge in [0.1, 0.15) is 0 Å². The zero-order chi connectivity index (χ0) is 17.5. The van der Waals surface area contributed by atoms with Gasteiger partial charge in [-0.3, -0.25) is 4.31 Å². The summed E-state index contributed by atoms with van der Waals surface area (Å²) >= 11 is 14.3. The average Bonchev–Trinajstić information content (AvgIpc) is 2.58. The van der Waals surface area contributed by atoms with Crippen LogP contribution in [0.25, 0.3) is 0 Å². The van der Waals surface area contributed by atoms with Gasteiger partial charge >= 0.3 is 0 Å². The van der Waals surface area contributed by atoms with Gasteiger partial charge in [-0.05, 0) is 62.1 Å². The van der Waals surface area contributed by atoms with Gasteiger partial charge in [0.2, 0.25) is 0 Å². The molecule has 2 aromatic carbocycles. The summed E-state index contributed by atoms with van der Waals surface area (Å²) in [5.41, 5.74) is 1.86. The molecule has 2 aromatic rings. The normalized spacial score (nSPS) is 12.2. The average molecular weight is 402 g/mol. The Morgan fingerprint density at radius 2 is 1.79 bits per heavy atom. The van der Waals surface area contributed by atoms with Gasteiger partial charge in [0.05, 0.1) is 15.6 Å². The van der Waals surface area contributed by atoms with Crippen molar-refractivity contribution in [2.45, 2.75) is 24.7 Å². The zero-order valence-corrected chi connectivity index (χ0v) is 16.9. The van der Waals surface area contributed by atoms with Crippen LogP contribution in [-0.2, 0) is 11.0 Å². The summed E-state index contributed by atoms with van der Waals surface area (Å²) in [7, 11) is -1.32. The number of anilines is 1. The van der Waals surface area contributed by atoms with Crippen LogP contribution < -0.4 is 4.31 Å². The maximum absolute atomic E-state index is 13.1. The standard InChI is InChI=1S/C18H21Cl2NOS2/c1-14-5-8-16(9-6-14)24(22)21(11-3-4-12-23-2)18-13-15(19)7-10-17(18)20/h5-10,13H,3-4,11-12H2,1-2H3. The molecule has 6 heteroatoms. The van der Waals surface area contributed by atoms with E-state index in [1.165, 1.54) is 0 Å². The van der Waals surface area contributed by atoms with Crippen LogP contribution in [0.4, 0.5) is 5.69 Å². The number of nitrogens with zero attached hydrogens (tertiary/aromatic N) is 1. The van der Waals surface area contributed by atoms with E-state index >= 15 is 0 Å². The molecule has 2 nitrogen and oxygen atoms in total. The molecule has 0 saturated heterocycles. The van der Waals surface area contributed by atoms with Gasteiger partial charge in [0, 0.05) is 11.6 Å². The van der Waals surface area contributed by atoms with Gasteiger partial charge in [-0.2, -0.15) is 11.8 Å². The largest absolute Gasteiger partial charge is 0.286 e. The molecule has 1 atom stereocenters. The second kappa shape index (κ2) is 9.71. The van der Waals surface area contributed by atoms with Gasteiger partial charge in [0.15, 0.2) is 11.0 Å². The van der Waals surface area contributed by atoms with E-state index in [1.54, 1.807) is 18.2 Å². The van der Waals surface area contributed by atoms with Crippen LogP contribution in [0.1, 0.15) is 18.4 Å². The third-order valence-corrected chi connectivity index (χ3v) is 6.27. The minimum absolute atomic E-state index is 0.560. The van der Waals surface area contributed by atoms with E-state index < -0.39 is 11.0 Å². The Balaban J connectivity index is 2.29. The van der Waals surface area contributed by atoms with Crippen molar-refractivity contribution in [3.8, 4) is 0 Å². The smallest absolute Gasteiger partial charge is 0.152 e. The Morgan fingerprint density at radius 1 is 1.08 bits per heavy atom. The van der Waals surface area contributed by atoms with Gasteiger partial charge in [-0.15, -0.1) is 0 Å². The number of hydrogen-bond acceptors (Lipinski definition) is 2. The summed E-state index contributed by atoms with van der Waals surface area (Å²) < 4.78 is 15.0. The summed E-state index contributed by atoms with van der Waals surface area (Å²) in [6.45, 7) is 2.68. The predicted molar refractivity (Wildman–Crippen MR) is 109 cm³/mol. The van der Waals surface area contributed by atoms with Crippen LogP contribution >= 0.6 is 35.0 Å². The molecule has 0 spiro atoms. The second-order valence-corrected chi connectivity index (χ2v) is 8.70. The fourth-order valence-electron chi connectivity index (χ4n) is 2.25. The van der Waals surface area contributed by atoms with Crippen molar-refractivity contribution in [2.24, 2.45) is 0 Å². The maximum atomic E-state index is 13.1. The Bertz CT molecular complexity index is 692. The van der Waals surface area contributed by atoms with Crippen LogP contribution in [0, 0.1) is 6.92 Å². The van der Waals surface area contributed by atoms with Gasteiger partial charge < -0.3 is 0 Å². The number of benzene rings is 2. The molecule has 0 aromatic heterocycles. The van der Waals surface area contributed by atoms with Crippen molar-refractivity contribution >= 4 is 51.6 Å². The minimum atomic E-state index is -1.32. The lowest BCUT2D eigenvalue weighted by Crippen LogP contribution is -2.27. The summed E-state index contributed by atoms with van der Waals surface area (Å²) in [6.07, 6.45) is 4.11. The fraction of sp³-hybridized carbons (Fsp3) is 0.333. The SMILES string of the molecule is CSCCCCN(c1cc(Cl)ccc1Cl)S(=O)c1ccc(C)cc1. The molecule has 0 amide bonds. The fourth-order valence-corrected chi connectivity index (χ4v) is 4.43. The van der Waals surface area contributed by atoms with E-state index in [9.17, 15) is 4.21 Å². The highest BCUT2D eigenvalue weighted by molar-refractivity contribution is 7.98. The van der Waals surface area contributed by atoms with Crippen LogP contribution in [0.5, 0.6) is 0 Å². The molecule has 2 rings (SSSR count). The first-order chi connectivity index (χ1) is 11.5. The molecule has 0 heterocycles. The van der Waals surface area contributed by atoms with Gasteiger partial charge in [-0.25, -0.2) is 4.21 Å². The van der Waals surface area contributed by atoms with Crippen LogP contribution in [0.15, 0.2) is 47.4 Å². The highest BCUT2D eigenvalue weighted by Gasteiger charge is 2.19. The molecule has 130 valence electrons. The molecule has 1 unspecified atom stereocenters. The minimum Gasteiger partial charge on any atom is -0.286 e. The monoisotopic (exact) mass is 401 g/mol. The van der Waals surface area contributed by atoms with Crippen LogP contribution in [-0.4, -0.2) is 22.8 Å². The Hall–Kier alpha value is -0.680. The van der Waals surface area contributed by atoms with E-state index in [-0.39, 0.29) is 0 Å². The molecule has 0 aliphatic carbocycles. The predicted octanol–water partition coefficient (Wildman–Crippen LogP) is 5.97. The quantitative estimate of drug-likeness (QED) is 0.507. The summed E-state index contributed by atoms with van der Waals surface area (Å²) in [4.78, 5) is 0.765. The second-order valence-electron chi connectivity index (χ2n) is 5.46. The third kappa shape index (κ3) is 5.41. The first kappa shape index (κ1) is 19.6. The molecule has 0 fully saturated rings. The molecule has 0 saturated carbocycles. The topological polar surface area (TPSA) is 20.3 Å². The van der Waals surface area contributed by atoms with Crippen molar-refractivity contribution in [2.75, 3.05) is 22.9 Å². The lowest BCUT2D eigenvalue weighted by atomic mass is 10.2. The van der Waals surface area contributed by atoms with Crippen molar-refractivity contribution in [3.63, 3.8) is 0 Å². The first-order valence-corrected chi connectivity index (χ1v) is 11.0. The van der Waals surface area contributed by atoms with Crippen molar-refractivity contribution < 1.29 is 4.21 Å². The maximum Gasteiger partial charge on any atom is 0.152 e. The molecule has 0 radical (unpaired) electrons. The van der Waals surface area contributed by atoms with E-state index in [2.05, 4.69) is 6.26 Å². The lowest BCUT2D eigenvalue weighted by molar-refractivity contribution is 0.676. The van der Waals surface area contributed by atoms with E-state index in [4.69, 9.17) is 23.2 Å². The number of thioether (sulfide) groups is 1. The number of aryl methyl sites for hydroxylation is 1. The van der Waals surface area contributed by atoms with E-state index in [0.717, 1.165) is 29.1 Å². The molecule has 24 heavy (non-hydrogen) atoms. The van der Waals surface area contributed by atoms with E-state index in [1.807, 2.05) is 47.3 Å². The molecule has 0 aliphatic heterocycles. The highest BCUT2D eigenvalue weighted by Crippen LogP contribution is 2.32. The number of hydrogen-bond donors (Lipinski definition) is 0. The molecule has 0 bridgehead atoms. The van der Waals surface area contributed by atoms with Crippen LogP contribution in [0.2, 0.25) is 10.0 Å². The first-order valence-electron chi connectivity index (χ1n) is 7.73. The summed E-state index contributed by atoms with van der Waals surface area (Å²) in [5.74, 6) is 1.09. The summed E-state index contributed by atoms with van der Waals surface area (Å²) in [5, 5.41) is 1.15. The van der Waals surface area contributed by atoms with Crippen molar-refractivity contribution in [1.82, 2.24) is 0 Å². The molecule has 0 N–H and O–H groups in total. The lowest BCUT2D eigenvalue weighted by Gasteiger charge is -2.25. The highest BCUT2D eigenvalue weighted by atomic mass is 35.5. The number of halogens is 2. The van der Waals surface area contributed by atoms with Crippen molar-refractivity contribution in [3.05, 3.63) is 58.1 Å². The van der Waals surface area contributed by atoms with Gasteiger partial charge in [0.25, 0.3) is 0 Å². The number of rotatable bonds is 8. The summed E-state index contributed by atoms with van der Waals surface area (Å²) in [6, 6.07) is 13.0. The molecular formula is C18H21Cl2NOS2. The Kier molecular flexibility index (Phi) is 7.95. The number of unbranched alkanes of at least 4 members (excludes halogenated alkanes) is 1.